The van der Waals surface area contributed by atoms with Crippen molar-refractivity contribution in [3.05, 3.63) is 71.7 Å². The van der Waals surface area contributed by atoms with Crippen LogP contribution in [0, 0.1) is 19.3 Å². The van der Waals surface area contributed by atoms with Crippen LogP contribution in [0.4, 0.5) is 11.5 Å². The van der Waals surface area contributed by atoms with Crippen molar-refractivity contribution in [2.75, 3.05) is 16.6 Å². The Morgan fingerprint density at radius 3 is 2.11 bits per heavy atom. The predicted molar refractivity (Wildman–Crippen MR) is 146 cm³/mol. The van der Waals surface area contributed by atoms with Crippen molar-refractivity contribution in [1.82, 2.24) is 9.97 Å². The van der Waals surface area contributed by atoms with E-state index in [0.29, 0.717) is 23.0 Å². The zero-order valence-electron chi connectivity index (χ0n) is 22.5. The smallest absolute Gasteiger partial charge is 0.263 e. The van der Waals surface area contributed by atoms with Crippen LogP contribution in [-0.2, 0) is 20.2 Å². The van der Waals surface area contributed by atoms with Gasteiger partial charge in [0.2, 0.25) is 0 Å². The Labute approximate surface area is 219 Å². The summed E-state index contributed by atoms with van der Waals surface area (Å²) < 4.78 is 33.5. The molecule has 3 rings (SSSR count). The number of carbonyl (C=O) groups is 1. The molecule has 0 unspecified atom stereocenters. The molecule has 8 nitrogen and oxygen atoms in total. The van der Waals surface area contributed by atoms with Crippen molar-refractivity contribution in [2.45, 2.75) is 65.2 Å². The summed E-state index contributed by atoms with van der Waals surface area (Å²) in [6, 6.07) is 15.3. The van der Waals surface area contributed by atoms with Crippen LogP contribution < -0.4 is 14.8 Å². The summed E-state index contributed by atoms with van der Waals surface area (Å²) in [4.78, 5) is 20.7. The molecular formula is C28H36N4O4S. The molecule has 9 heteroatoms. The van der Waals surface area contributed by atoms with Crippen LogP contribution in [0.5, 0.6) is 5.75 Å². The van der Waals surface area contributed by atoms with Gasteiger partial charge in [0, 0.05) is 17.4 Å². The second-order valence-corrected chi connectivity index (χ2v) is 12.7. The van der Waals surface area contributed by atoms with Gasteiger partial charge in [0.25, 0.3) is 15.9 Å². The van der Waals surface area contributed by atoms with Crippen LogP contribution in [0.2, 0.25) is 0 Å². The summed E-state index contributed by atoms with van der Waals surface area (Å²) in [5.74, 6) is 0.926. The van der Waals surface area contributed by atoms with Crippen LogP contribution >= 0.6 is 0 Å². The number of amides is 1. The lowest BCUT2D eigenvalue weighted by Gasteiger charge is -2.33. The summed E-state index contributed by atoms with van der Waals surface area (Å²) in [6.45, 7) is 14.4. The van der Waals surface area contributed by atoms with Gasteiger partial charge in [0.05, 0.1) is 4.90 Å². The number of sulfonamides is 1. The van der Waals surface area contributed by atoms with Gasteiger partial charge in [-0.2, -0.15) is 0 Å². The second kappa shape index (κ2) is 10.9. The lowest BCUT2D eigenvalue weighted by Crippen LogP contribution is -2.24. The summed E-state index contributed by atoms with van der Waals surface area (Å²) in [5, 5.41) is 2.72. The third-order valence-electron chi connectivity index (χ3n) is 5.63. The fraction of sp³-hybridized carbons (Fsp3) is 0.393. The molecular weight excluding hydrogens is 488 g/mol. The van der Waals surface area contributed by atoms with E-state index in [1.807, 2.05) is 24.3 Å². The van der Waals surface area contributed by atoms with E-state index in [-0.39, 0.29) is 34.1 Å². The molecule has 0 bridgehead atoms. The monoisotopic (exact) mass is 524 g/mol. The first kappa shape index (κ1) is 28.1. The first-order valence-corrected chi connectivity index (χ1v) is 13.6. The Bertz CT molecular complexity index is 1320. The summed E-state index contributed by atoms with van der Waals surface area (Å²) in [5.41, 5.74) is 2.57. The van der Waals surface area contributed by atoms with Gasteiger partial charge in [0.15, 0.2) is 6.61 Å². The molecule has 0 saturated heterocycles. The minimum Gasteiger partial charge on any atom is -0.484 e. The Morgan fingerprint density at radius 1 is 0.919 bits per heavy atom. The van der Waals surface area contributed by atoms with Gasteiger partial charge in [-0.05, 0) is 73.1 Å². The molecule has 0 spiro atoms. The molecule has 0 saturated carbocycles. The average molecular weight is 525 g/mol. The molecule has 2 aromatic carbocycles. The minimum absolute atomic E-state index is 0.0238. The third-order valence-corrected chi connectivity index (χ3v) is 7.00. The Hall–Kier alpha value is -3.46. The number of carbonyl (C=O) groups excluding carboxylic acids is 1. The van der Waals surface area contributed by atoms with Gasteiger partial charge in [0.1, 0.15) is 17.4 Å². The molecule has 0 atom stereocenters. The lowest BCUT2D eigenvalue weighted by atomic mass is 9.72. The van der Waals surface area contributed by atoms with E-state index in [0.717, 1.165) is 6.42 Å². The number of aromatic nitrogens is 2. The number of benzene rings is 2. The molecule has 0 fully saturated rings. The summed E-state index contributed by atoms with van der Waals surface area (Å²) >= 11 is 0. The van der Waals surface area contributed by atoms with Gasteiger partial charge in [-0.3, -0.25) is 9.52 Å². The van der Waals surface area contributed by atoms with Gasteiger partial charge in [-0.1, -0.05) is 46.8 Å². The van der Waals surface area contributed by atoms with Crippen molar-refractivity contribution in [1.29, 1.82) is 0 Å². The van der Waals surface area contributed by atoms with E-state index in [9.17, 15) is 13.2 Å². The molecule has 0 radical (unpaired) electrons. The Morgan fingerprint density at radius 2 is 1.54 bits per heavy atom. The number of aryl methyl sites for hydroxylation is 2. The molecule has 0 aliphatic carbocycles. The van der Waals surface area contributed by atoms with Gasteiger partial charge < -0.3 is 10.1 Å². The normalized spacial score (nSPS) is 12.2. The van der Waals surface area contributed by atoms with E-state index in [4.69, 9.17) is 4.74 Å². The molecule has 3 aromatic rings. The van der Waals surface area contributed by atoms with Crippen LogP contribution in [0.25, 0.3) is 0 Å². The van der Waals surface area contributed by atoms with Gasteiger partial charge >= 0.3 is 0 Å². The van der Waals surface area contributed by atoms with Crippen LogP contribution in [-0.4, -0.2) is 30.9 Å². The number of nitrogens with zero attached hydrogens (tertiary/aromatic N) is 2. The highest BCUT2D eigenvalue weighted by Crippen LogP contribution is 2.36. The zero-order valence-corrected chi connectivity index (χ0v) is 23.4. The van der Waals surface area contributed by atoms with Crippen molar-refractivity contribution in [3.8, 4) is 5.75 Å². The molecule has 1 amide bonds. The second-order valence-electron chi connectivity index (χ2n) is 11.1. The summed E-state index contributed by atoms with van der Waals surface area (Å²) in [7, 11) is -3.84. The Balaban J connectivity index is 1.55. The molecule has 37 heavy (non-hydrogen) atoms. The van der Waals surface area contributed by atoms with Crippen molar-refractivity contribution < 1.29 is 17.9 Å². The average Bonchev–Trinajstić information content (AvgIpc) is 2.76. The molecule has 2 N–H and O–H groups in total. The Kier molecular flexibility index (Phi) is 8.27. The van der Waals surface area contributed by atoms with E-state index < -0.39 is 10.0 Å². The number of nitrogens with one attached hydrogen (secondary N) is 2. The van der Waals surface area contributed by atoms with Gasteiger partial charge in [-0.25, -0.2) is 18.4 Å². The first-order chi connectivity index (χ1) is 17.1. The first-order valence-electron chi connectivity index (χ1n) is 12.1. The minimum atomic E-state index is -3.84. The molecule has 1 aromatic heterocycles. The number of anilines is 2. The number of rotatable bonds is 9. The van der Waals surface area contributed by atoms with Crippen molar-refractivity contribution in [2.24, 2.45) is 5.41 Å². The fourth-order valence-corrected chi connectivity index (χ4v) is 5.45. The topological polar surface area (TPSA) is 110 Å². The maximum Gasteiger partial charge on any atom is 0.263 e. The van der Waals surface area contributed by atoms with Crippen LogP contribution in [0.15, 0.2) is 59.5 Å². The van der Waals surface area contributed by atoms with E-state index >= 15 is 0 Å². The number of hydrogen-bond donors (Lipinski definition) is 2. The highest BCUT2D eigenvalue weighted by Gasteiger charge is 2.27. The molecule has 198 valence electrons. The summed E-state index contributed by atoms with van der Waals surface area (Å²) in [6.07, 6.45) is 1.04. The lowest BCUT2D eigenvalue weighted by molar-refractivity contribution is -0.118. The fourth-order valence-electron chi connectivity index (χ4n) is 4.46. The largest absolute Gasteiger partial charge is 0.484 e. The molecule has 0 aliphatic heterocycles. The predicted octanol–water partition coefficient (Wildman–Crippen LogP) is 5.63. The highest BCUT2D eigenvalue weighted by molar-refractivity contribution is 7.92. The SMILES string of the molecule is Cc1cc(NS(=O)(=O)c2ccc(NC(=O)COc3ccc(C(C)(C)CC(C)(C)C)cc3)cc2)nc(C)n1. The van der Waals surface area contributed by atoms with E-state index in [2.05, 4.69) is 54.6 Å². The van der Waals surface area contributed by atoms with E-state index in [1.165, 1.54) is 29.8 Å². The maximum absolute atomic E-state index is 12.7. The van der Waals surface area contributed by atoms with E-state index in [1.54, 1.807) is 19.9 Å². The maximum atomic E-state index is 12.7. The number of ether oxygens (including phenoxy) is 1. The van der Waals surface area contributed by atoms with Crippen molar-refractivity contribution >= 4 is 27.4 Å². The quantitative estimate of drug-likeness (QED) is 0.376. The molecule has 0 aliphatic rings. The highest BCUT2D eigenvalue weighted by atomic mass is 32.2. The van der Waals surface area contributed by atoms with Crippen LogP contribution in [0.1, 0.15) is 58.1 Å². The van der Waals surface area contributed by atoms with Gasteiger partial charge in [-0.15, -0.1) is 0 Å². The van der Waals surface area contributed by atoms with Crippen LogP contribution in [0.3, 0.4) is 0 Å². The zero-order chi connectivity index (χ0) is 27.4. The standard InChI is InChI=1S/C28H36N4O4S/c1-19-16-25(30-20(2)29-19)32-37(34,35)24-14-10-22(11-15-24)31-26(33)17-36-23-12-8-21(9-13-23)28(6,7)18-27(3,4)5/h8-16H,17-18H2,1-7H3,(H,31,33)(H,29,30,32). The molecule has 1 heterocycles. The number of hydrogen-bond acceptors (Lipinski definition) is 6. The van der Waals surface area contributed by atoms with Crippen molar-refractivity contribution in [3.63, 3.8) is 0 Å². The third kappa shape index (κ3) is 8.28.